The molecule has 16 nitrogen and oxygen atoms in total. The maximum atomic E-state index is 15.2. The van der Waals surface area contributed by atoms with Crippen molar-refractivity contribution in [1.29, 1.82) is 0 Å². The molecule has 2 aliphatic heterocycles. The lowest BCUT2D eigenvalue weighted by atomic mass is 10.00. The highest BCUT2D eigenvalue weighted by Crippen LogP contribution is 2.41. The number of benzene rings is 3. The number of methoxy groups -OCH3 is 1. The number of halogens is 2. The number of aryl methyl sites for hydroxylation is 1. The summed E-state index contributed by atoms with van der Waals surface area (Å²) in [5.74, 6) is -0.198. The summed E-state index contributed by atoms with van der Waals surface area (Å²) in [7, 11) is 3.25. The van der Waals surface area contributed by atoms with Crippen molar-refractivity contribution in [3.05, 3.63) is 111 Å². The van der Waals surface area contributed by atoms with Crippen LogP contribution in [0.25, 0.3) is 10.4 Å². The second kappa shape index (κ2) is 21.6. The molecule has 0 unspecified atom stereocenters. The van der Waals surface area contributed by atoms with Gasteiger partial charge in [-0.05, 0) is 74.1 Å². The Morgan fingerprint density at radius 1 is 1.01 bits per heavy atom. The van der Waals surface area contributed by atoms with Gasteiger partial charge in [-0.3, -0.25) is 24.1 Å². The molecule has 8 rings (SSSR count). The van der Waals surface area contributed by atoms with Crippen LogP contribution in [0.5, 0.6) is 5.75 Å². The van der Waals surface area contributed by atoms with Gasteiger partial charge in [-0.15, -0.1) is 23.1 Å². The van der Waals surface area contributed by atoms with Crippen molar-refractivity contribution in [3.8, 4) is 16.2 Å². The van der Waals surface area contributed by atoms with E-state index in [0.29, 0.717) is 72.3 Å². The number of alkyl halides is 1. The van der Waals surface area contributed by atoms with Crippen LogP contribution in [0, 0.1) is 6.92 Å². The van der Waals surface area contributed by atoms with Crippen LogP contribution in [0.2, 0.25) is 5.02 Å². The van der Waals surface area contributed by atoms with Gasteiger partial charge < -0.3 is 40.9 Å². The highest BCUT2D eigenvalue weighted by atomic mass is 35.5. The number of likely N-dealkylation sites (tertiary alicyclic amines) is 1. The zero-order valence-corrected chi connectivity index (χ0v) is 42.1. The van der Waals surface area contributed by atoms with Crippen molar-refractivity contribution in [2.75, 3.05) is 57.5 Å². The number of anilines is 3. The van der Waals surface area contributed by atoms with Gasteiger partial charge in [-0.25, -0.2) is 14.4 Å². The van der Waals surface area contributed by atoms with Gasteiger partial charge in [0.1, 0.15) is 28.7 Å². The smallest absolute Gasteiger partial charge is 0.258 e. The van der Waals surface area contributed by atoms with Crippen LogP contribution >= 0.6 is 34.7 Å². The predicted molar refractivity (Wildman–Crippen MR) is 271 cm³/mol. The van der Waals surface area contributed by atoms with E-state index in [1.807, 2.05) is 62.1 Å². The summed E-state index contributed by atoms with van der Waals surface area (Å²) in [5, 5.41) is 22.9. The summed E-state index contributed by atoms with van der Waals surface area (Å²) in [5.41, 5.74) is 5.76. The molecule has 0 radical (unpaired) electrons. The van der Waals surface area contributed by atoms with Crippen LogP contribution in [0.1, 0.15) is 65.9 Å². The standard InChI is InChI=1S/C50H58ClFN10O6S2/c1-30-41(69-29-56-30)34-11-9-31(10-12-34)24-54-44(64)39-23-36(63)27-62(39)46(66)42(58-47(67)50(52)15-16-50)49(2,3)70-28-33-8-6-7-32(21-33)26-60-17-19-61(20-18-60)45(65)35-13-14-38(40(22-35)68-5)57-48-55-25-37(51)43(53-4)59-48/h6-14,21-22,25,29,36,39,42,63H,15-20,23-24,26-28H2,1-5H3,(H,54,64)(H,58,67)(H2,53,55,57,59)/t36-,39+,42-/m1/s1. The number of carbonyl (C=O) groups excluding carboxylic acids is 4. The van der Waals surface area contributed by atoms with E-state index in [1.54, 1.807) is 42.1 Å². The Morgan fingerprint density at radius 2 is 1.76 bits per heavy atom. The van der Waals surface area contributed by atoms with Crippen LogP contribution in [-0.2, 0) is 33.2 Å². The molecule has 2 saturated heterocycles. The minimum absolute atomic E-state index is 0.0306. The summed E-state index contributed by atoms with van der Waals surface area (Å²) in [6.45, 7) is 8.81. The van der Waals surface area contributed by atoms with Gasteiger partial charge in [-0.1, -0.05) is 60.1 Å². The predicted octanol–water partition coefficient (Wildman–Crippen LogP) is 6.59. The molecule has 3 aromatic carbocycles. The van der Waals surface area contributed by atoms with Crippen molar-refractivity contribution >= 4 is 75.8 Å². The molecule has 3 aliphatic rings. The highest BCUT2D eigenvalue weighted by molar-refractivity contribution is 7.99. The first-order valence-electron chi connectivity index (χ1n) is 23.2. The van der Waals surface area contributed by atoms with Crippen molar-refractivity contribution in [2.45, 2.75) is 87.5 Å². The fraction of sp³-hybridized carbons (Fsp3) is 0.420. The Morgan fingerprint density at radius 3 is 2.44 bits per heavy atom. The number of rotatable bonds is 18. The molecule has 5 N–H and O–H groups in total. The van der Waals surface area contributed by atoms with Gasteiger partial charge in [0.25, 0.3) is 11.8 Å². The van der Waals surface area contributed by atoms with Crippen molar-refractivity contribution in [1.82, 2.24) is 40.3 Å². The number of thiazole rings is 1. The molecule has 4 heterocycles. The number of nitrogens with zero attached hydrogens (tertiary/aromatic N) is 6. The Hall–Kier alpha value is -5.86. The van der Waals surface area contributed by atoms with E-state index in [9.17, 15) is 24.3 Å². The fourth-order valence-corrected chi connectivity index (χ4v) is 10.7. The van der Waals surface area contributed by atoms with Gasteiger partial charge in [0, 0.05) is 75.3 Å². The molecule has 3 atom stereocenters. The number of piperazine rings is 1. The average molecular weight is 1010 g/mol. The van der Waals surface area contributed by atoms with E-state index in [-0.39, 0.29) is 38.3 Å². The number of aliphatic hydroxyl groups is 1. The van der Waals surface area contributed by atoms with Crippen molar-refractivity contribution in [3.63, 3.8) is 0 Å². The Bertz CT molecular complexity index is 2720. The first kappa shape index (κ1) is 50.5. The third kappa shape index (κ3) is 11.8. The van der Waals surface area contributed by atoms with E-state index in [2.05, 4.69) is 53.3 Å². The number of ether oxygens (including phenoxy) is 1. The van der Waals surface area contributed by atoms with Gasteiger partial charge in [0.15, 0.2) is 5.67 Å². The Labute approximate surface area is 420 Å². The third-order valence-corrected chi connectivity index (χ3v) is 15.7. The van der Waals surface area contributed by atoms with Gasteiger partial charge in [0.2, 0.25) is 17.8 Å². The number of thioether (sulfide) groups is 1. The maximum absolute atomic E-state index is 15.2. The van der Waals surface area contributed by atoms with Crippen LogP contribution in [0.4, 0.5) is 21.8 Å². The lowest BCUT2D eigenvalue weighted by Gasteiger charge is -2.37. The van der Waals surface area contributed by atoms with E-state index in [4.69, 9.17) is 16.3 Å². The second-order valence-electron chi connectivity index (χ2n) is 18.4. The second-order valence-corrected chi connectivity index (χ2v) is 21.3. The zero-order valence-electron chi connectivity index (χ0n) is 39.8. The zero-order chi connectivity index (χ0) is 49.7. The number of hydrogen-bond acceptors (Lipinski definition) is 14. The van der Waals surface area contributed by atoms with Crippen LogP contribution in [-0.4, -0.2) is 134 Å². The number of hydrogen-bond donors (Lipinski definition) is 5. The van der Waals surface area contributed by atoms with E-state index in [1.165, 1.54) is 30.0 Å². The summed E-state index contributed by atoms with van der Waals surface area (Å²) in [4.78, 5) is 74.7. The molecule has 370 valence electrons. The lowest BCUT2D eigenvalue weighted by Crippen LogP contribution is -2.61. The number of β-amino-alcohol motifs (C(OH)–C–C–N with tert-alkyl or cyclic N) is 1. The van der Waals surface area contributed by atoms with Crippen molar-refractivity contribution in [2.24, 2.45) is 0 Å². The molecule has 70 heavy (non-hydrogen) atoms. The van der Waals surface area contributed by atoms with Crippen LogP contribution < -0.4 is 26.0 Å². The molecule has 1 saturated carbocycles. The number of aromatic nitrogens is 3. The monoisotopic (exact) mass is 1010 g/mol. The number of aliphatic hydroxyl groups excluding tert-OH is 1. The topological polar surface area (TPSA) is 194 Å². The maximum Gasteiger partial charge on any atom is 0.258 e. The molecule has 2 aromatic heterocycles. The first-order valence-corrected chi connectivity index (χ1v) is 25.4. The Balaban J connectivity index is 0.865. The molecule has 4 amide bonds. The largest absolute Gasteiger partial charge is 0.495 e. The normalized spacial score (nSPS) is 18.2. The molecule has 0 bridgehead atoms. The van der Waals surface area contributed by atoms with Gasteiger partial charge in [-0.2, -0.15) is 4.98 Å². The molecule has 1 aliphatic carbocycles. The molecule has 0 spiro atoms. The minimum atomic E-state index is -2.04. The molecule has 5 aromatic rings. The van der Waals surface area contributed by atoms with Gasteiger partial charge >= 0.3 is 0 Å². The third-order valence-electron chi connectivity index (χ3n) is 13.0. The van der Waals surface area contributed by atoms with E-state index < -0.39 is 46.3 Å². The average Bonchev–Trinajstić information content (AvgIpc) is 3.77. The number of nitrogens with one attached hydrogen (secondary N) is 4. The van der Waals surface area contributed by atoms with E-state index in [0.717, 1.165) is 32.8 Å². The van der Waals surface area contributed by atoms with Crippen LogP contribution in [0.15, 0.2) is 78.4 Å². The summed E-state index contributed by atoms with van der Waals surface area (Å²) in [6, 6.07) is 19.0. The molecular formula is C50H58ClFN10O6S2. The number of carbonyl (C=O) groups is 4. The van der Waals surface area contributed by atoms with Crippen molar-refractivity contribution < 1.29 is 33.4 Å². The molecule has 3 fully saturated rings. The number of amides is 4. The first-order chi connectivity index (χ1) is 33.5. The minimum Gasteiger partial charge on any atom is -0.495 e. The SMILES string of the molecule is CNc1nc(Nc2ccc(C(=O)N3CCN(Cc4cccc(CSC(C)(C)[C@H](NC(=O)C5(F)CC5)C(=O)N5C[C@H](O)C[C@H]5C(=O)NCc5ccc(-c6scnc6C)cc5)c4)CC3)cc2OC)ncc1Cl. The summed E-state index contributed by atoms with van der Waals surface area (Å²) in [6.07, 6.45) is 0.721. The van der Waals surface area contributed by atoms with Crippen LogP contribution in [0.3, 0.4) is 0 Å². The Kier molecular flexibility index (Phi) is 15.6. The summed E-state index contributed by atoms with van der Waals surface area (Å²) >= 11 is 9.14. The fourth-order valence-electron chi connectivity index (χ4n) is 8.63. The summed E-state index contributed by atoms with van der Waals surface area (Å²) < 4.78 is 19.9. The molecular weight excluding hydrogens is 955 g/mol. The van der Waals surface area contributed by atoms with E-state index >= 15 is 4.39 Å². The quantitative estimate of drug-likeness (QED) is 0.0632. The van der Waals surface area contributed by atoms with Gasteiger partial charge in [0.05, 0.1) is 41.2 Å². The lowest BCUT2D eigenvalue weighted by molar-refractivity contribution is -0.143. The highest BCUT2D eigenvalue weighted by Gasteiger charge is 2.54. The molecule has 20 heteroatoms.